The first-order chi connectivity index (χ1) is 10.7. The number of hydrogen-bond donors (Lipinski definition) is 0. The van der Waals surface area contributed by atoms with E-state index in [0.717, 1.165) is 34.9 Å². The van der Waals surface area contributed by atoms with E-state index in [4.69, 9.17) is 16.3 Å². The van der Waals surface area contributed by atoms with Gasteiger partial charge in [0.15, 0.2) is 0 Å². The van der Waals surface area contributed by atoms with Gasteiger partial charge in [0.05, 0.1) is 0 Å². The Hall–Kier alpha value is -1.99. The highest BCUT2D eigenvalue weighted by Crippen LogP contribution is 2.49. The summed E-state index contributed by atoms with van der Waals surface area (Å²) in [5, 5.41) is 0.900. The molecule has 2 aliphatic rings. The lowest BCUT2D eigenvalue weighted by molar-refractivity contribution is 0.221. The van der Waals surface area contributed by atoms with Gasteiger partial charge < -0.3 is 4.74 Å². The van der Waals surface area contributed by atoms with E-state index in [-0.39, 0.29) is 5.41 Å². The van der Waals surface area contributed by atoms with Crippen LogP contribution in [0.2, 0.25) is 0 Å². The first-order valence-electron chi connectivity index (χ1n) is 7.58. The molecule has 2 aromatic carbocycles. The minimum Gasteiger partial charge on any atom is -0.460 e. The molecule has 1 aliphatic carbocycles. The number of para-hydroxylation sites is 1. The van der Waals surface area contributed by atoms with Crippen LogP contribution in [0.15, 0.2) is 71.5 Å². The van der Waals surface area contributed by atoms with Gasteiger partial charge in [-0.2, -0.15) is 0 Å². The van der Waals surface area contributed by atoms with Crippen LogP contribution in [-0.4, -0.2) is 0 Å². The lowest BCUT2D eigenvalue weighted by atomic mass is 9.74. The summed E-state index contributed by atoms with van der Waals surface area (Å²) in [5.74, 6) is 2.01. The fourth-order valence-electron chi connectivity index (χ4n) is 3.41. The molecule has 2 heteroatoms. The number of rotatable bonds is 1. The SMILES string of the molecule is CC12CC(Cl)=CC=C1Oc1c(cccc1-c1ccccc1)C2. The summed E-state index contributed by atoms with van der Waals surface area (Å²) in [5.41, 5.74) is 3.57. The number of benzene rings is 2. The molecular formula is C20H17ClO. The zero-order chi connectivity index (χ0) is 15.2. The maximum Gasteiger partial charge on any atom is 0.137 e. The number of halogens is 1. The molecular weight excluding hydrogens is 292 g/mol. The Bertz CT molecular complexity index is 789. The largest absolute Gasteiger partial charge is 0.460 e. The van der Waals surface area contributed by atoms with Crippen molar-refractivity contribution in [1.29, 1.82) is 0 Å². The third-order valence-electron chi connectivity index (χ3n) is 4.54. The standard InChI is InChI=1S/C20H17ClO/c1-20-12-15-8-5-9-17(14-6-3-2-4-7-14)19(15)22-18(20)11-10-16(21)13-20/h2-11H,12-13H2,1H3. The minimum atomic E-state index is -0.0336. The molecule has 1 heterocycles. The molecule has 0 radical (unpaired) electrons. The second-order valence-electron chi connectivity index (χ2n) is 6.32. The maximum atomic E-state index is 6.33. The fourth-order valence-corrected chi connectivity index (χ4v) is 3.77. The summed E-state index contributed by atoms with van der Waals surface area (Å²) in [7, 11) is 0. The summed E-state index contributed by atoms with van der Waals surface area (Å²) < 4.78 is 6.33. The van der Waals surface area contributed by atoms with Gasteiger partial charge in [-0.1, -0.05) is 67.1 Å². The molecule has 4 rings (SSSR count). The molecule has 1 aliphatic heterocycles. The smallest absolute Gasteiger partial charge is 0.137 e. The Kier molecular flexibility index (Phi) is 3.12. The van der Waals surface area contributed by atoms with Gasteiger partial charge in [-0.05, 0) is 36.1 Å². The van der Waals surface area contributed by atoms with Crippen LogP contribution < -0.4 is 4.74 Å². The van der Waals surface area contributed by atoms with Crippen molar-refractivity contribution in [2.75, 3.05) is 0 Å². The van der Waals surface area contributed by atoms with Crippen molar-refractivity contribution < 1.29 is 4.74 Å². The van der Waals surface area contributed by atoms with Gasteiger partial charge in [0.25, 0.3) is 0 Å². The number of hydrogen-bond acceptors (Lipinski definition) is 1. The molecule has 0 amide bonds. The topological polar surface area (TPSA) is 9.23 Å². The van der Waals surface area contributed by atoms with E-state index >= 15 is 0 Å². The van der Waals surface area contributed by atoms with Gasteiger partial charge in [-0.15, -0.1) is 0 Å². The zero-order valence-electron chi connectivity index (χ0n) is 12.5. The summed E-state index contributed by atoms with van der Waals surface area (Å²) in [6, 6.07) is 16.8. The van der Waals surface area contributed by atoms with Crippen LogP contribution in [0.1, 0.15) is 18.9 Å². The van der Waals surface area contributed by atoms with Crippen LogP contribution in [-0.2, 0) is 6.42 Å². The third-order valence-corrected chi connectivity index (χ3v) is 4.80. The highest BCUT2D eigenvalue weighted by molar-refractivity contribution is 6.29. The van der Waals surface area contributed by atoms with Crippen LogP contribution >= 0.6 is 11.6 Å². The monoisotopic (exact) mass is 308 g/mol. The van der Waals surface area contributed by atoms with E-state index in [1.165, 1.54) is 11.1 Å². The Balaban J connectivity index is 1.84. The van der Waals surface area contributed by atoms with E-state index in [1.54, 1.807) is 0 Å². The molecule has 1 nitrogen and oxygen atoms in total. The average Bonchev–Trinajstić information content (AvgIpc) is 2.52. The van der Waals surface area contributed by atoms with Crippen molar-refractivity contribution in [3.8, 4) is 16.9 Å². The van der Waals surface area contributed by atoms with Crippen molar-refractivity contribution in [3.63, 3.8) is 0 Å². The van der Waals surface area contributed by atoms with E-state index in [2.05, 4.69) is 49.4 Å². The number of fused-ring (bicyclic) bond motifs is 2. The summed E-state index contributed by atoms with van der Waals surface area (Å²) >= 11 is 6.24. The molecule has 2 aromatic rings. The molecule has 0 fully saturated rings. The van der Waals surface area contributed by atoms with Gasteiger partial charge in [-0.3, -0.25) is 0 Å². The van der Waals surface area contributed by atoms with Crippen molar-refractivity contribution >= 4 is 11.6 Å². The van der Waals surface area contributed by atoms with Crippen LogP contribution in [0.4, 0.5) is 0 Å². The molecule has 0 bridgehead atoms. The molecule has 0 spiro atoms. The molecule has 0 aromatic heterocycles. The van der Waals surface area contributed by atoms with E-state index in [1.807, 2.05) is 18.2 Å². The van der Waals surface area contributed by atoms with Crippen molar-refractivity contribution in [2.24, 2.45) is 5.41 Å². The quantitative estimate of drug-likeness (QED) is 0.656. The number of allylic oxidation sites excluding steroid dienone is 4. The molecule has 0 N–H and O–H groups in total. The zero-order valence-corrected chi connectivity index (χ0v) is 13.2. The molecule has 1 atom stereocenters. The normalized spacial score (nSPS) is 22.8. The fraction of sp³-hybridized carbons (Fsp3) is 0.200. The highest BCUT2D eigenvalue weighted by atomic mass is 35.5. The lowest BCUT2D eigenvalue weighted by Crippen LogP contribution is -2.31. The first kappa shape index (κ1) is 13.7. The lowest BCUT2D eigenvalue weighted by Gasteiger charge is -2.39. The summed E-state index contributed by atoms with van der Waals surface area (Å²) in [6.45, 7) is 2.23. The third kappa shape index (κ3) is 2.17. The van der Waals surface area contributed by atoms with E-state index in [0.29, 0.717) is 0 Å². The minimum absolute atomic E-state index is 0.0336. The Morgan fingerprint density at radius 3 is 2.59 bits per heavy atom. The maximum absolute atomic E-state index is 6.33. The summed E-state index contributed by atoms with van der Waals surface area (Å²) in [6.07, 6.45) is 5.78. The predicted molar refractivity (Wildman–Crippen MR) is 91.0 cm³/mol. The van der Waals surface area contributed by atoms with Crippen molar-refractivity contribution in [3.05, 3.63) is 77.0 Å². The van der Waals surface area contributed by atoms with Gasteiger partial charge >= 0.3 is 0 Å². The first-order valence-corrected chi connectivity index (χ1v) is 7.95. The second-order valence-corrected chi connectivity index (χ2v) is 6.81. The van der Waals surface area contributed by atoms with Crippen molar-refractivity contribution in [2.45, 2.75) is 19.8 Å². The van der Waals surface area contributed by atoms with Crippen LogP contribution in [0, 0.1) is 5.41 Å². The Morgan fingerprint density at radius 1 is 0.955 bits per heavy atom. The summed E-state index contributed by atoms with van der Waals surface area (Å²) in [4.78, 5) is 0. The van der Waals surface area contributed by atoms with Crippen molar-refractivity contribution in [1.82, 2.24) is 0 Å². The van der Waals surface area contributed by atoms with Gasteiger partial charge in [-0.25, -0.2) is 0 Å². The molecule has 110 valence electrons. The van der Waals surface area contributed by atoms with E-state index < -0.39 is 0 Å². The predicted octanol–water partition coefficient (Wildman–Crippen LogP) is 5.71. The van der Waals surface area contributed by atoms with E-state index in [9.17, 15) is 0 Å². The highest BCUT2D eigenvalue weighted by Gasteiger charge is 2.39. The second kappa shape index (κ2) is 5.03. The van der Waals surface area contributed by atoms with Crippen LogP contribution in [0.5, 0.6) is 5.75 Å². The molecule has 0 saturated heterocycles. The van der Waals surface area contributed by atoms with Gasteiger partial charge in [0, 0.05) is 16.0 Å². The number of ether oxygens (including phenoxy) is 1. The Morgan fingerprint density at radius 2 is 1.77 bits per heavy atom. The molecule has 0 saturated carbocycles. The molecule has 1 unspecified atom stereocenters. The van der Waals surface area contributed by atoms with Gasteiger partial charge in [0.1, 0.15) is 11.5 Å². The van der Waals surface area contributed by atoms with Gasteiger partial charge in [0.2, 0.25) is 0 Å². The van der Waals surface area contributed by atoms with Crippen LogP contribution in [0.25, 0.3) is 11.1 Å². The van der Waals surface area contributed by atoms with Crippen LogP contribution in [0.3, 0.4) is 0 Å². The Labute approximate surface area is 135 Å². The molecule has 22 heavy (non-hydrogen) atoms. The average molecular weight is 309 g/mol.